The maximum absolute atomic E-state index is 12.6. The molecule has 6 nitrogen and oxygen atoms in total. The summed E-state index contributed by atoms with van der Waals surface area (Å²) in [5, 5.41) is 9.30. The Balaban J connectivity index is 1.57. The first-order chi connectivity index (χ1) is 13.4. The number of carboxylic acid groups (broad SMARTS) is 1. The molecule has 0 atom stereocenters. The zero-order valence-corrected chi connectivity index (χ0v) is 16.3. The highest BCUT2D eigenvalue weighted by atomic mass is 35.5. The molecule has 2 aromatic rings. The summed E-state index contributed by atoms with van der Waals surface area (Å²) in [6.45, 7) is 1.38. The summed E-state index contributed by atoms with van der Waals surface area (Å²) in [5.41, 5.74) is 1.39. The van der Waals surface area contributed by atoms with Crippen LogP contribution in [0.4, 0.5) is 5.82 Å². The number of piperidine rings is 1. The number of hydrogen-bond donors (Lipinski definition) is 1. The number of rotatable bonds is 5. The highest BCUT2D eigenvalue weighted by Crippen LogP contribution is 2.22. The molecular formula is C21H22ClN3O3. The van der Waals surface area contributed by atoms with Gasteiger partial charge >= 0.3 is 5.97 Å². The normalized spacial score (nSPS) is 15.0. The number of benzene rings is 1. The molecule has 1 N–H and O–H groups in total. The molecule has 1 fully saturated rings. The first-order valence-electron chi connectivity index (χ1n) is 9.09. The number of amides is 1. The van der Waals surface area contributed by atoms with Gasteiger partial charge in [0.15, 0.2) is 0 Å². The monoisotopic (exact) mass is 399 g/mol. The van der Waals surface area contributed by atoms with Crippen molar-refractivity contribution in [2.45, 2.75) is 18.9 Å². The number of nitrogens with zero attached hydrogens (tertiary/aromatic N) is 3. The third kappa shape index (κ3) is 4.89. The van der Waals surface area contributed by atoms with E-state index in [1.165, 1.54) is 6.08 Å². The van der Waals surface area contributed by atoms with Crippen LogP contribution in [-0.2, 0) is 4.79 Å². The Hall–Kier alpha value is -2.86. The van der Waals surface area contributed by atoms with Gasteiger partial charge in [0.25, 0.3) is 5.91 Å². The average Bonchev–Trinajstić information content (AvgIpc) is 2.72. The van der Waals surface area contributed by atoms with Crippen molar-refractivity contribution < 1.29 is 14.7 Å². The molecule has 1 aliphatic heterocycles. The van der Waals surface area contributed by atoms with E-state index >= 15 is 0 Å². The standard InChI is InChI=1S/C21H22ClN3O3/c1-24(19-8-2-15(14-23-19)3-9-20(26)27)18-10-12-25(13-11-18)21(28)16-4-6-17(22)7-5-16/h2-9,14,18H,10-13H2,1H3,(H,26,27)/b9-3+. The number of halogens is 1. The molecule has 1 aliphatic rings. The topological polar surface area (TPSA) is 73.7 Å². The lowest BCUT2D eigenvalue weighted by Gasteiger charge is -2.37. The van der Waals surface area contributed by atoms with Gasteiger partial charge < -0.3 is 14.9 Å². The van der Waals surface area contributed by atoms with Crippen molar-refractivity contribution in [3.05, 3.63) is 64.8 Å². The van der Waals surface area contributed by atoms with Crippen LogP contribution in [0.2, 0.25) is 5.02 Å². The fourth-order valence-electron chi connectivity index (χ4n) is 3.29. The van der Waals surface area contributed by atoms with E-state index in [1.54, 1.807) is 30.5 Å². The van der Waals surface area contributed by atoms with Crippen molar-refractivity contribution in [1.82, 2.24) is 9.88 Å². The molecule has 7 heteroatoms. The van der Waals surface area contributed by atoms with E-state index in [1.807, 2.05) is 24.1 Å². The first-order valence-corrected chi connectivity index (χ1v) is 9.46. The van der Waals surface area contributed by atoms with Crippen molar-refractivity contribution in [3.8, 4) is 0 Å². The fourth-order valence-corrected chi connectivity index (χ4v) is 3.42. The van der Waals surface area contributed by atoms with E-state index in [0.717, 1.165) is 30.3 Å². The van der Waals surface area contributed by atoms with Gasteiger partial charge in [-0.25, -0.2) is 9.78 Å². The first kappa shape index (κ1) is 19.9. The van der Waals surface area contributed by atoms with Gasteiger partial charge in [-0.3, -0.25) is 4.79 Å². The minimum absolute atomic E-state index is 0.0328. The Bertz CT molecular complexity index is 857. The van der Waals surface area contributed by atoms with Gasteiger partial charge in [-0.05, 0) is 60.9 Å². The van der Waals surface area contributed by atoms with Gasteiger partial charge in [-0.1, -0.05) is 11.6 Å². The third-order valence-corrected chi connectivity index (χ3v) is 5.19. The Morgan fingerprint density at radius 2 is 1.86 bits per heavy atom. The Morgan fingerprint density at radius 1 is 1.18 bits per heavy atom. The van der Waals surface area contributed by atoms with Crippen molar-refractivity contribution in [2.75, 3.05) is 25.0 Å². The second kappa shape index (κ2) is 8.89. The minimum atomic E-state index is -0.985. The lowest BCUT2D eigenvalue weighted by Crippen LogP contribution is -2.45. The smallest absolute Gasteiger partial charge is 0.328 e. The summed E-state index contributed by atoms with van der Waals surface area (Å²) < 4.78 is 0. The molecule has 0 saturated carbocycles. The largest absolute Gasteiger partial charge is 0.478 e. The average molecular weight is 400 g/mol. The molecule has 0 unspecified atom stereocenters. The number of aliphatic carboxylic acids is 1. The summed E-state index contributed by atoms with van der Waals surface area (Å²) in [5.74, 6) is -0.124. The van der Waals surface area contributed by atoms with E-state index in [-0.39, 0.29) is 5.91 Å². The lowest BCUT2D eigenvalue weighted by atomic mass is 10.0. The van der Waals surface area contributed by atoms with Crippen LogP contribution in [0.15, 0.2) is 48.7 Å². The predicted molar refractivity (Wildman–Crippen MR) is 110 cm³/mol. The van der Waals surface area contributed by atoms with Crippen molar-refractivity contribution in [3.63, 3.8) is 0 Å². The van der Waals surface area contributed by atoms with Crippen LogP contribution >= 0.6 is 11.6 Å². The molecule has 28 heavy (non-hydrogen) atoms. The molecule has 3 rings (SSSR count). The van der Waals surface area contributed by atoms with E-state index in [0.29, 0.717) is 29.7 Å². The summed E-state index contributed by atoms with van der Waals surface area (Å²) in [6.07, 6.45) is 5.98. The fraction of sp³-hybridized carbons (Fsp3) is 0.286. The number of anilines is 1. The second-order valence-corrected chi connectivity index (χ2v) is 7.20. The van der Waals surface area contributed by atoms with Crippen LogP contribution in [0.5, 0.6) is 0 Å². The number of hydrogen-bond acceptors (Lipinski definition) is 4. The van der Waals surface area contributed by atoms with Crippen molar-refractivity contribution in [1.29, 1.82) is 0 Å². The maximum atomic E-state index is 12.6. The third-order valence-electron chi connectivity index (χ3n) is 4.94. The number of likely N-dealkylation sites (tertiary alicyclic amines) is 1. The van der Waals surface area contributed by atoms with Crippen LogP contribution in [-0.4, -0.2) is 53.0 Å². The molecule has 2 heterocycles. The number of carbonyl (C=O) groups is 2. The van der Waals surface area contributed by atoms with Crippen LogP contribution < -0.4 is 4.90 Å². The molecule has 146 valence electrons. The van der Waals surface area contributed by atoms with Gasteiger partial charge in [0.1, 0.15) is 5.82 Å². The molecular weight excluding hydrogens is 378 g/mol. The lowest BCUT2D eigenvalue weighted by molar-refractivity contribution is -0.131. The molecule has 1 saturated heterocycles. The molecule has 0 radical (unpaired) electrons. The zero-order chi connectivity index (χ0) is 20.1. The van der Waals surface area contributed by atoms with Crippen molar-refractivity contribution in [2.24, 2.45) is 0 Å². The summed E-state index contributed by atoms with van der Waals surface area (Å²) in [7, 11) is 2.00. The van der Waals surface area contributed by atoms with E-state index < -0.39 is 5.97 Å². The molecule has 1 aromatic carbocycles. The Labute approximate surface area is 169 Å². The molecule has 0 spiro atoms. The minimum Gasteiger partial charge on any atom is -0.478 e. The second-order valence-electron chi connectivity index (χ2n) is 6.76. The number of pyridine rings is 1. The van der Waals surface area contributed by atoms with Gasteiger partial charge in [-0.15, -0.1) is 0 Å². The Morgan fingerprint density at radius 3 is 2.43 bits per heavy atom. The van der Waals surface area contributed by atoms with Gasteiger partial charge in [-0.2, -0.15) is 0 Å². The number of carbonyl (C=O) groups excluding carboxylic acids is 1. The van der Waals surface area contributed by atoms with Crippen molar-refractivity contribution >= 4 is 35.4 Å². The predicted octanol–water partition coefficient (Wildman–Crippen LogP) is 3.57. The van der Waals surface area contributed by atoms with Crippen LogP contribution in [0.3, 0.4) is 0 Å². The molecule has 0 aliphatic carbocycles. The zero-order valence-electron chi connectivity index (χ0n) is 15.6. The van der Waals surface area contributed by atoms with Crippen LogP contribution in [0, 0.1) is 0 Å². The number of aromatic nitrogens is 1. The van der Waals surface area contributed by atoms with Gasteiger partial charge in [0.05, 0.1) is 0 Å². The summed E-state index contributed by atoms with van der Waals surface area (Å²) in [6, 6.07) is 11.0. The molecule has 1 amide bonds. The maximum Gasteiger partial charge on any atom is 0.328 e. The van der Waals surface area contributed by atoms with Crippen LogP contribution in [0.25, 0.3) is 6.08 Å². The SMILES string of the molecule is CN(c1ccc(/C=C/C(=O)O)cn1)C1CCN(C(=O)c2ccc(Cl)cc2)CC1. The molecule has 0 bridgehead atoms. The summed E-state index contributed by atoms with van der Waals surface area (Å²) >= 11 is 5.89. The van der Waals surface area contributed by atoms with E-state index in [4.69, 9.17) is 16.7 Å². The quantitative estimate of drug-likeness (QED) is 0.778. The highest BCUT2D eigenvalue weighted by molar-refractivity contribution is 6.30. The highest BCUT2D eigenvalue weighted by Gasteiger charge is 2.26. The van der Waals surface area contributed by atoms with E-state index in [9.17, 15) is 9.59 Å². The van der Waals surface area contributed by atoms with Gasteiger partial charge in [0.2, 0.25) is 0 Å². The Kier molecular flexibility index (Phi) is 6.31. The van der Waals surface area contributed by atoms with Gasteiger partial charge in [0, 0.05) is 49.0 Å². The van der Waals surface area contributed by atoms with Crippen LogP contribution in [0.1, 0.15) is 28.8 Å². The number of carboxylic acids is 1. The summed E-state index contributed by atoms with van der Waals surface area (Å²) in [4.78, 5) is 31.6. The molecule has 1 aromatic heterocycles. The van der Waals surface area contributed by atoms with E-state index in [2.05, 4.69) is 9.88 Å².